The zero-order valence-electron chi connectivity index (χ0n) is 21.4. The molecular weight excluding hydrogens is 472 g/mol. The second kappa shape index (κ2) is 12.0. The first-order valence-electron chi connectivity index (χ1n) is 12.7. The fourth-order valence-corrected chi connectivity index (χ4v) is 4.74. The third-order valence-electron chi connectivity index (χ3n) is 6.67. The first-order valence-corrected chi connectivity index (χ1v) is 12.7. The molecule has 0 unspecified atom stereocenters. The summed E-state index contributed by atoms with van der Waals surface area (Å²) in [7, 11) is 0. The van der Waals surface area contributed by atoms with E-state index >= 15 is 0 Å². The average molecular weight is 507 g/mol. The predicted octanol–water partition coefficient (Wildman–Crippen LogP) is 4.18. The van der Waals surface area contributed by atoms with Crippen LogP contribution >= 0.6 is 0 Å². The molecule has 0 radical (unpaired) electrons. The highest BCUT2D eigenvalue weighted by atomic mass is 16.6. The quantitative estimate of drug-likeness (QED) is 0.212. The summed E-state index contributed by atoms with van der Waals surface area (Å²) < 4.78 is 16.9. The normalized spacial score (nSPS) is 18.4. The Kier molecular flexibility index (Phi) is 8.50. The molecule has 4 rings (SSSR count). The molecule has 0 aliphatic carbocycles. The fraction of sp³-hybridized carbons (Fsp3) is 0.379. The Morgan fingerprint density at radius 3 is 2.62 bits per heavy atom. The lowest BCUT2D eigenvalue weighted by molar-refractivity contribution is -0.140. The van der Waals surface area contributed by atoms with E-state index in [2.05, 4.69) is 25.3 Å². The Morgan fingerprint density at radius 1 is 1.14 bits per heavy atom. The van der Waals surface area contributed by atoms with Crippen LogP contribution in [-0.4, -0.2) is 72.6 Å². The number of fused-ring (bicyclic) bond motifs is 1. The van der Waals surface area contributed by atoms with E-state index in [1.54, 1.807) is 41.3 Å². The lowest BCUT2D eigenvalue weighted by Crippen LogP contribution is -2.33. The summed E-state index contributed by atoms with van der Waals surface area (Å²) in [6.07, 6.45) is 2.34. The van der Waals surface area contributed by atoms with Crippen LogP contribution in [0.3, 0.4) is 0 Å². The first kappa shape index (κ1) is 26.3. The van der Waals surface area contributed by atoms with E-state index < -0.39 is 17.7 Å². The van der Waals surface area contributed by atoms with Crippen molar-refractivity contribution in [3.05, 3.63) is 71.8 Å². The Morgan fingerprint density at radius 2 is 1.89 bits per heavy atom. The zero-order chi connectivity index (χ0) is 26.4. The molecule has 2 aromatic carbocycles. The minimum Gasteiger partial charge on any atom is -0.507 e. The van der Waals surface area contributed by atoms with Crippen LogP contribution in [0.4, 0.5) is 0 Å². The van der Waals surface area contributed by atoms with Crippen molar-refractivity contribution in [1.29, 1.82) is 0 Å². The minimum atomic E-state index is -0.753. The highest BCUT2D eigenvalue weighted by molar-refractivity contribution is 6.46. The van der Waals surface area contributed by atoms with E-state index in [0.29, 0.717) is 61.2 Å². The summed E-state index contributed by atoms with van der Waals surface area (Å²) >= 11 is 0. The topological polar surface area (TPSA) is 88.5 Å². The summed E-state index contributed by atoms with van der Waals surface area (Å²) in [5.41, 5.74) is 1.11. The van der Waals surface area contributed by atoms with Crippen LogP contribution in [0, 0.1) is 0 Å². The van der Waals surface area contributed by atoms with Gasteiger partial charge in [-0.1, -0.05) is 38.6 Å². The number of Topliss-reactive ketones (excluding diaryl/α,β-unsaturated/α-hetero) is 1. The number of carbonyl (C=O) groups excluding carboxylic acids is 2. The maximum Gasteiger partial charge on any atom is 0.295 e. The number of aliphatic hydroxyl groups excluding tert-OH is 1. The van der Waals surface area contributed by atoms with Gasteiger partial charge in [0.1, 0.15) is 31.3 Å². The molecule has 37 heavy (non-hydrogen) atoms. The fourth-order valence-electron chi connectivity index (χ4n) is 4.74. The van der Waals surface area contributed by atoms with Gasteiger partial charge in [-0.2, -0.15) is 0 Å². The van der Waals surface area contributed by atoms with Gasteiger partial charge in [-0.05, 0) is 62.0 Å². The van der Waals surface area contributed by atoms with Crippen LogP contribution in [0.5, 0.6) is 17.2 Å². The van der Waals surface area contributed by atoms with E-state index in [4.69, 9.17) is 14.2 Å². The van der Waals surface area contributed by atoms with E-state index in [0.717, 1.165) is 19.6 Å². The smallest absolute Gasteiger partial charge is 0.295 e. The van der Waals surface area contributed by atoms with Crippen molar-refractivity contribution in [1.82, 2.24) is 9.80 Å². The van der Waals surface area contributed by atoms with Gasteiger partial charge in [0.25, 0.3) is 11.7 Å². The molecule has 1 saturated heterocycles. The molecule has 8 heteroatoms. The highest BCUT2D eigenvalue weighted by Crippen LogP contribution is 2.41. The van der Waals surface area contributed by atoms with E-state index in [9.17, 15) is 14.7 Å². The van der Waals surface area contributed by atoms with Gasteiger partial charge in [0.15, 0.2) is 11.5 Å². The molecule has 2 aromatic rings. The summed E-state index contributed by atoms with van der Waals surface area (Å²) in [6.45, 7) is 12.0. The number of nitrogens with zero attached hydrogens (tertiary/aromatic N) is 2. The average Bonchev–Trinajstić information content (AvgIpc) is 3.18. The van der Waals surface area contributed by atoms with Crippen LogP contribution in [-0.2, 0) is 9.59 Å². The lowest BCUT2D eigenvalue weighted by Gasteiger charge is -2.27. The summed E-state index contributed by atoms with van der Waals surface area (Å²) in [5, 5.41) is 11.4. The van der Waals surface area contributed by atoms with E-state index in [1.807, 2.05) is 12.1 Å². The maximum atomic E-state index is 13.3. The second-order valence-corrected chi connectivity index (χ2v) is 8.90. The number of hydrogen-bond acceptors (Lipinski definition) is 7. The number of hydrogen-bond donors (Lipinski definition) is 1. The molecule has 1 N–H and O–H groups in total. The van der Waals surface area contributed by atoms with Crippen molar-refractivity contribution in [3.63, 3.8) is 0 Å². The molecule has 1 amide bonds. The van der Waals surface area contributed by atoms with Crippen molar-refractivity contribution >= 4 is 17.4 Å². The van der Waals surface area contributed by atoms with Crippen molar-refractivity contribution in [3.8, 4) is 17.2 Å². The lowest BCUT2D eigenvalue weighted by atomic mass is 9.95. The maximum absolute atomic E-state index is 13.3. The van der Waals surface area contributed by atoms with Crippen LogP contribution in [0.25, 0.3) is 5.76 Å². The Labute approximate surface area is 217 Å². The number of rotatable bonds is 11. The number of amides is 1. The third-order valence-corrected chi connectivity index (χ3v) is 6.67. The van der Waals surface area contributed by atoms with Gasteiger partial charge in [0.05, 0.1) is 11.6 Å². The highest BCUT2D eigenvalue weighted by Gasteiger charge is 2.46. The molecule has 2 heterocycles. The SMILES string of the molecule is C=CCOc1cccc([C@@H]2/C(=C(\O)c3ccc4c(c3)OCCO4)C(=O)C(=O)N2CCCN(CC)CC)c1. The molecular formula is C29H34N2O6. The van der Waals surface area contributed by atoms with Crippen molar-refractivity contribution in [2.75, 3.05) is 46.0 Å². The second-order valence-electron chi connectivity index (χ2n) is 8.90. The van der Waals surface area contributed by atoms with Gasteiger partial charge in [0.2, 0.25) is 0 Å². The van der Waals surface area contributed by atoms with Crippen LogP contribution in [0.2, 0.25) is 0 Å². The number of aliphatic hydroxyl groups is 1. The number of ketones is 1. The number of ether oxygens (including phenoxy) is 3. The third kappa shape index (κ3) is 5.64. The summed E-state index contributed by atoms with van der Waals surface area (Å²) in [6, 6.07) is 11.5. The van der Waals surface area contributed by atoms with Gasteiger partial charge in [-0.25, -0.2) is 0 Å². The molecule has 2 aliphatic heterocycles. The number of carbonyl (C=O) groups is 2. The van der Waals surface area contributed by atoms with Gasteiger partial charge in [-0.3, -0.25) is 9.59 Å². The van der Waals surface area contributed by atoms with E-state index in [-0.39, 0.29) is 11.3 Å². The first-order chi connectivity index (χ1) is 18.0. The molecule has 0 bridgehead atoms. The molecule has 196 valence electrons. The molecule has 1 fully saturated rings. The standard InChI is InChI=1S/C29H34N2O6/c1-4-15-35-22-10-7-9-20(18-22)26-25(27(32)21-11-12-23-24(19-21)37-17-16-36-23)28(33)29(34)31(26)14-8-13-30(5-2)6-3/h4,7,9-12,18-19,26,32H,1,5-6,8,13-17H2,2-3H3/b27-25+/t26-/m1/s1. The molecule has 0 saturated carbocycles. The zero-order valence-corrected chi connectivity index (χ0v) is 21.4. The van der Waals surface area contributed by atoms with Crippen LogP contribution in [0.1, 0.15) is 37.4 Å². The molecule has 2 aliphatic rings. The Hall–Kier alpha value is -3.78. The van der Waals surface area contributed by atoms with Crippen molar-refractivity contribution in [2.24, 2.45) is 0 Å². The Balaban J connectivity index is 1.75. The Bertz CT molecular complexity index is 1190. The van der Waals surface area contributed by atoms with Gasteiger partial charge in [-0.15, -0.1) is 0 Å². The van der Waals surface area contributed by atoms with Gasteiger partial charge >= 0.3 is 0 Å². The monoisotopic (exact) mass is 506 g/mol. The van der Waals surface area contributed by atoms with E-state index in [1.165, 1.54) is 0 Å². The predicted molar refractivity (Wildman–Crippen MR) is 141 cm³/mol. The number of benzene rings is 2. The van der Waals surface area contributed by atoms with Gasteiger partial charge < -0.3 is 29.1 Å². The summed E-state index contributed by atoms with van der Waals surface area (Å²) in [4.78, 5) is 30.4. The van der Waals surface area contributed by atoms with Crippen molar-refractivity contribution < 1.29 is 28.9 Å². The van der Waals surface area contributed by atoms with Crippen LogP contribution in [0.15, 0.2) is 60.7 Å². The largest absolute Gasteiger partial charge is 0.507 e. The van der Waals surface area contributed by atoms with Crippen LogP contribution < -0.4 is 14.2 Å². The molecule has 1 atom stereocenters. The molecule has 8 nitrogen and oxygen atoms in total. The summed E-state index contributed by atoms with van der Waals surface area (Å²) in [5.74, 6) is 0.0662. The van der Waals surface area contributed by atoms with Gasteiger partial charge in [0, 0.05) is 12.1 Å². The number of likely N-dealkylation sites (tertiary alicyclic amines) is 1. The minimum absolute atomic E-state index is 0.0467. The molecule has 0 spiro atoms. The van der Waals surface area contributed by atoms with Crippen molar-refractivity contribution in [2.45, 2.75) is 26.3 Å². The molecule has 0 aromatic heterocycles.